The maximum Gasteiger partial charge on any atom is 0.161 e. The van der Waals surface area contributed by atoms with Gasteiger partial charge in [-0.05, 0) is 63.8 Å². The first-order chi connectivity index (χ1) is 9.97. The van der Waals surface area contributed by atoms with E-state index < -0.39 is 0 Å². The Morgan fingerprint density at radius 2 is 1.67 bits per heavy atom. The predicted octanol–water partition coefficient (Wildman–Crippen LogP) is 5.91. The van der Waals surface area contributed by atoms with E-state index in [-0.39, 0.29) is 4.83 Å². The molecular formula is C16H15Br2ClO2. The lowest BCUT2D eigenvalue weighted by atomic mass is 9.99. The Kier molecular flexibility index (Phi) is 5.58. The Morgan fingerprint density at radius 1 is 1.05 bits per heavy atom. The van der Waals surface area contributed by atoms with Crippen LogP contribution in [0, 0.1) is 6.92 Å². The quantitative estimate of drug-likeness (QED) is 0.557. The molecule has 0 N–H and O–H groups in total. The van der Waals surface area contributed by atoms with Crippen molar-refractivity contribution in [3.05, 3.63) is 56.5 Å². The zero-order valence-corrected chi connectivity index (χ0v) is 15.8. The standard InChI is InChI=1S/C16H15Br2ClO2/c1-9-6-14(20-2)15(21-3)8-11(9)16(18)10-4-5-12(17)13(19)7-10/h4-8,16H,1-3H3. The fraction of sp³-hybridized carbons (Fsp3) is 0.250. The van der Waals surface area contributed by atoms with Crippen LogP contribution in [-0.2, 0) is 0 Å². The fourth-order valence-electron chi connectivity index (χ4n) is 2.12. The zero-order valence-electron chi connectivity index (χ0n) is 11.9. The van der Waals surface area contributed by atoms with E-state index in [1.807, 2.05) is 37.3 Å². The van der Waals surface area contributed by atoms with Crippen molar-refractivity contribution in [3.63, 3.8) is 0 Å². The summed E-state index contributed by atoms with van der Waals surface area (Å²) in [7, 11) is 3.27. The number of aryl methyl sites for hydroxylation is 1. The van der Waals surface area contributed by atoms with Gasteiger partial charge in [-0.25, -0.2) is 0 Å². The second-order valence-corrected chi connectivity index (χ2v) is 6.78. The summed E-state index contributed by atoms with van der Waals surface area (Å²) in [6.07, 6.45) is 0. The second kappa shape index (κ2) is 7.03. The van der Waals surface area contributed by atoms with Crippen molar-refractivity contribution in [2.24, 2.45) is 0 Å². The van der Waals surface area contributed by atoms with Crippen molar-refractivity contribution in [1.29, 1.82) is 0 Å². The van der Waals surface area contributed by atoms with Gasteiger partial charge in [-0.2, -0.15) is 0 Å². The molecule has 5 heteroatoms. The minimum Gasteiger partial charge on any atom is -0.493 e. The Balaban J connectivity index is 2.47. The van der Waals surface area contributed by atoms with Crippen molar-refractivity contribution in [1.82, 2.24) is 0 Å². The Labute approximate surface area is 146 Å². The number of hydrogen-bond donors (Lipinski definition) is 0. The number of methoxy groups -OCH3 is 2. The van der Waals surface area contributed by atoms with Gasteiger partial charge in [0.25, 0.3) is 0 Å². The van der Waals surface area contributed by atoms with E-state index in [1.54, 1.807) is 14.2 Å². The number of hydrogen-bond acceptors (Lipinski definition) is 2. The van der Waals surface area contributed by atoms with Crippen LogP contribution in [0.2, 0.25) is 5.02 Å². The lowest BCUT2D eigenvalue weighted by Gasteiger charge is -2.17. The molecule has 0 heterocycles. The van der Waals surface area contributed by atoms with E-state index in [0.717, 1.165) is 26.9 Å². The Bertz CT molecular complexity index is 659. The van der Waals surface area contributed by atoms with Gasteiger partial charge in [0.05, 0.1) is 24.1 Å². The molecule has 0 radical (unpaired) electrons. The summed E-state index contributed by atoms with van der Waals surface area (Å²) in [4.78, 5) is 0.0305. The average Bonchev–Trinajstić information content (AvgIpc) is 2.49. The highest BCUT2D eigenvalue weighted by molar-refractivity contribution is 9.10. The minimum atomic E-state index is 0.0305. The molecular weight excluding hydrogens is 419 g/mol. The summed E-state index contributed by atoms with van der Waals surface area (Å²) in [5.74, 6) is 1.44. The van der Waals surface area contributed by atoms with Gasteiger partial charge in [0.2, 0.25) is 0 Å². The zero-order chi connectivity index (χ0) is 15.6. The highest BCUT2D eigenvalue weighted by atomic mass is 79.9. The van der Waals surface area contributed by atoms with Crippen LogP contribution in [0.25, 0.3) is 0 Å². The van der Waals surface area contributed by atoms with Gasteiger partial charge in [-0.3, -0.25) is 0 Å². The van der Waals surface area contributed by atoms with Gasteiger partial charge in [0.15, 0.2) is 11.5 Å². The van der Waals surface area contributed by atoms with Gasteiger partial charge in [0.1, 0.15) is 0 Å². The first-order valence-corrected chi connectivity index (χ1v) is 8.38. The van der Waals surface area contributed by atoms with E-state index in [4.69, 9.17) is 21.1 Å². The lowest BCUT2D eigenvalue weighted by Crippen LogP contribution is -1.99. The average molecular weight is 435 g/mol. The van der Waals surface area contributed by atoms with E-state index in [0.29, 0.717) is 10.8 Å². The smallest absolute Gasteiger partial charge is 0.161 e. The molecule has 1 unspecified atom stereocenters. The van der Waals surface area contributed by atoms with E-state index in [9.17, 15) is 0 Å². The summed E-state index contributed by atoms with van der Waals surface area (Å²) in [6.45, 7) is 2.05. The lowest BCUT2D eigenvalue weighted by molar-refractivity contribution is 0.354. The maximum absolute atomic E-state index is 6.18. The molecule has 0 aliphatic rings. The highest BCUT2D eigenvalue weighted by Crippen LogP contribution is 2.40. The molecule has 0 spiro atoms. The molecule has 0 aliphatic heterocycles. The van der Waals surface area contributed by atoms with Gasteiger partial charge in [0, 0.05) is 4.47 Å². The summed E-state index contributed by atoms with van der Waals surface area (Å²) in [5, 5.41) is 0.690. The van der Waals surface area contributed by atoms with Crippen LogP contribution in [0.1, 0.15) is 21.5 Å². The SMILES string of the molecule is COc1cc(C)c(C(Br)c2ccc(Br)c(Cl)c2)cc1OC. The molecule has 21 heavy (non-hydrogen) atoms. The van der Waals surface area contributed by atoms with Crippen molar-refractivity contribution < 1.29 is 9.47 Å². The molecule has 1 atom stereocenters. The first kappa shape index (κ1) is 16.7. The highest BCUT2D eigenvalue weighted by Gasteiger charge is 2.17. The number of ether oxygens (including phenoxy) is 2. The Morgan fingerprint density at radius 3 is 2.24 bits per heavy atom. The number of alkyl halides is 1. The van der Waals surface area contributed by atoms with Crippen molar-refractivity contribution in [2.45, 2.75) is 11.8 Å². The van der Waals surface area contributed by atoms with Crippen LogP contribution in [0.5, 0.6) is 11.5 Å². The van der Waals surface area contributed by atoms with Crippen LogP contribution < -0.4 is 9.47 Å². The van der Waals surface area contributed by atoms with Gasteiger partial charge < -0.3 is 9.47 Å². The number of halogens is 3. The van der Waals surface area contributed by atoms with Gasteiger partial charge in [-0.15, -0.1) is 0 Å². The first-order valence-electron chi connectivity index (χ1n) is 6.29. The van der Waals surface area contributed by atoms with E-state index in [2.05, 4.69) is 31.9 Å². The van der Waals surface area contributed by atoms with E-state index >= 15 is 0 Å². The van der Waals surface area contributed by atoms with Crippen LogP contribution in [-0.4, -0.2) is 14.2 Å². The molecule has 0 saturated heterocycles. The van der Waals surface area contributed by atoms with Crippen molar-refractivity contribution >= 4 is 43.5 Å². The summed E-state index contributed by atoms with van der Waals surface area (Å²) in [5.41, 5.74) is 3.32. The normalized spacial score (nSPS) is 12.1. The second-order valence-electron chi connectivity index (χ2n) is 4.60. The molecule has 0 bridgehead atoms. The third-order valence-electron chi connectivity index (χ3n) is 3.28. The Hall–Kier alpha value is -0.710. The third kappa shape index (κ3) is 3.55. The van der Waals surface area contributed by atoms with Crippen LogP contribution >= 0.6 is 43.5 Å². The molecule has 2 nitrogen and oxygen atoms in total. The monoisotopic (exact) mass is 432 g/mol. The van der Waals surface area contributed by atoms with Crippen LogP contribution in [0.15, 0.2) is 34.8 Å². The van der Waals surface area contributed by atoms with Gasteiger partial charge >= 0.3 is 0 Å². The third-order valence-corrected chi connectivity index (χ3v) is 5.54. The molecule has 0 fully saturated rings. The summed E-state index contributed by atoms with van der Waals surface area (Å²) < 4.78 is 11.6. The van der Waals surface area contributed by atoms with E-state index in [1.165, 1.54) is 0 Å². The molecule has 2 aromatic rings. The fourth-order valence-corrected chi connectivity index (χ4v) is 3.33. The number of rotatable bonds is 4. The number of benzene rings is 2. The van der Waals surface area contributed by atoms with Crippen molar-refractivity contribution in [2.75, 3.05) is 14.2 Å². The molecule has 0 aliphatic carbocycles. The molecule has 2 aromatic carbocycles. The van der Waals surface area contributed by atoms with Crippen molar-refractivity contribution in [3.8, 4) is 11.5 Å². The molecule has 0 amide bonds. The summed E-state index contributed by atoms with van der Waals surface area (Å²) >= 11 is 13.3. The summed E-state index contributed by atoms with van der Waals surface area (Å²) in [6, 6.07) is 9.89. The molecule has 2 rings (SSSR count). The molecule has 0 saturated carbocycles. The molecule has 0 aromatic heterocycles. The minimum absolute atomic E-state index is 0.0305. The predicted molar refractivity (Wildman–Crippen MR) is 94.2 cm³/mol. The molecule has 112 valence electrons. The maximum atomic E-state index is 6.18. The van der Waals surface area contributed by atoms with Gasteiger partial charge in [-0.1, -0.05) is 33.6 Å². The largest absolute Gasteiger partial charge is 0.493 e. The topological polar surface area (TPSA) is 18.5 Å². The van der Waals surface area contributed by atoms with Crippen LogP contribution in [0.3, 0.4) is 0 Å². The van der Waals surface area contributed by atoms with Crippen LogP contribution in [0.4, 0.5) is 0 Å².